The maximum atomic E-state index is 3.78. The first-order chi connectivity index (χ1) is 5.79. The summed E-state index contributed by atoms with van der Waals surface area (Å²) in [6, 6.07) is 0. The van der Waals surface area contributed by atoms with E-state index in [0.29, 0.717) is 0 Å². The third kappa shape index (κ3) is 3.75. The zero-order valence-electron chi connectivity index (χ0n) is 8.69. The van der Waals surface area contributed by atoms with Crippen molar-refractivity contribution in [2.75, 3.05) is 0 Å². The molecule has 0 aliphatic carbocycles. The van der Waals surface area contributed by atoms with E-state index in [4.69, 9.17) is 0 Å². The fraction of sp³-hybridized carbons (Fsp3) is 0.583. The Morgan fingerprint density at radius 1 is 1.17 bits per heavy atom. The average molecular weight is 165 g/mol. The summed E-state index contributed by atoms with van der Waals surface area (Å²) in [6.45, 7) is 10.4. The minimum atomic E-state index is 1.05. The highest BCUT2D eigenvalue weighted by atomic mass is 14.1. The first-order valence-electron chi connectivity index (χ1n) is 4.95. The topological polar surface area (TPSA) is 0 Å². The van der Waals surface area contributed by atoms with Crippen molar-refractivity contribution in [3.8, 4) is 0 Å². The summed E-state index contributed by atoms with van der Waals surface area (Å²) in [5, 5.41) is 0. The molecular weight excluding hydrogens is 144 g/mol. The third-order valence-electron chi connectivity index (χ3n) is 2.10. The molecule has 0 aliphatic rings. The molecule has 1 radical (unpaired) electrons. The van der Waals surface area contributed by atoms with Gasteiger partial charge in [-0.05, 0) is 25.7 Å². The molecule has 0 nitrogen and oxygen atoms in total. The third-order valence-corrected chi connectivity index (χ3v) is 2.10. The summed E-state index contributed by atoms with van der Waals surface area (Å²) < 4.78 is 0. The Morgan fingerprint density at radius 3 is 2.17 bits per heavy atom. The monoisotopic (exact) mass is 165 g/mol. The van der Waals surface area contributed by atoms with E-state index in [-0.39, 0.29) is 0 Å². The Kier molecular flexibility index (Phi) is 6.84. The Morgan fingerprint density at radius 2 is 1.83 bits per heavy atom. The second-order valence-corrected chi connectivity index (χ2v) is 2.94. The van der Waals surface area contributed by atoms with Crippen molar-refractivity contribution in [3.63, 3.8) is 0 Å². The van der Waals surface area contributed by atoms with Crippen LogP contribution in [-0.2, 0) is 0 Å². The summed E-state index contributed by atoms with van der Waals surface area (Å²) >= 11 is 0. The summed E-state index contributed by atoms with van der Waals surface area (Å²) in [5.41, 5.74) is 1.53. The fourth-order valence-electron chi connectivity index (χ4n) is 1.46. The SMILES string of the molecule is C=CC[C](CC)C(=CCC)CC. The van der Waals surface area contributed by atoms with E-state index in [2.05, 4.69) is 33.4 Å². The largest absolute Gasteiger partial charge is 0.103 e. The molecule has 0 heterocycles. The molecule has 0 saturated heterocycles. The highest BCUT2D eigenvalue weighted by Gasteiger charge is 2.08. The lowest BCUT2D eigenvalue weighted by Gasteiger charge is -2.14. The van der Waals surface area contributed by atoms with E-state index in [1.165, 1.54) is 5.57 Å². The van der Waals surface area contributed by atoms with E-state index >= 15 is 0 Å². The first-order valence-corrected chi connectivity index (χ1v) is 4.95. The second-order valence-electron chi connectivity index (χ2n) is 2.94. The minimum Gasteiger partial charge on any atom is -0.103 e. The van der Waals surface area contributed by atoms with Crippen molar-refractivity contribution in [1.29, 1.82) is 0 Å². The number of hydrogen-bond donors (Lipinski definition) is 0. The van der Waals surface area contributed by atoms with Crippen LogP contribution in [0.3, 0.4) is 0 Å². The molecule has 0 heteroatoms. The molecule has 12 heavy (non-hydrogen) atoms. The van der Waals surface area contributed by atoms with Crippen LogP contribution < -0.4 is 0 Å². The van der Waals surface area contributed by atoms with E-state index in [1.54, 1.807) is 5.92 Å². The van der Waals surface area contributed by atoms with Gasteiger partial charge in [0.25, 0.3) is 0 Å². The smallest absolute Gasteiger partial charge is 0.00399 e. The fourth-order valence-corrected chi connectivity index (χ4v) is 1.46. The van der Waals surface area contributed by atoms with Gasteiger partial charge in [-0.15, -0.1) is 6.58 Å². The molecule has 0 aromatic carbocycles. The van der Waals surface area contributed by atoms with Crippen LogP contribution >= 0.6 is 0 Å². The normalized spacial score (nSPS) is 12.2. The Hall–Kier alpha value is -0.520. The lowest BCUT2D eigenvalue weighted by atomic mass is 9.90. The molecule has 69 valence electrons. The Balaban J connectivity index is 4.21. The summed E-state index contributed by atoms with van der Waals surface area (Å²) in [4.78, 5) is 0. The van der Waals surface area contributed by atoms with Crippen LogP contribution in [0.25, 0.3) is 0 Å². The molecule has 0 spiro atoms. The zero-order valence-corrected chi connectivity index (χ0v) is 8.69. The molecule has 0 saturated carbocycles. The van der Waals surface area contributed by atoms with Crippen molar-refractivity contribution >= 4 is 0 Å². The molecular formula is C12H21. The molecule has 0 aromatic heterocycles. The van der Waals surface area contributed by atoms with Crippen LogP contribution in [0.5, 0.6) is 0 Å². The first kappa shape index (κ1) is 11.5. The van der Waals surface area contributed by atoms with Gasteiger partial charge in [-0.25, -0.2) is 0 Å². The summed E-state index contributed by atoms with van der Waals surface area (Å²) in [7, 11) is 0. The van der Waals surface area contributed by atoms with Crippen LogP contribution in [-0.4, -0.2) is 0 Å². The van der Waals surface area contributed by atoms with Gasteiger partial charge >= 0.3 is 0 Å². The van der Waals surface area contributed by atoms with Gasteiger partial charge in [0, 0.05) is 5.92 Å². The molecule has 0 N–H and O–H groups in total. The van der Waals surface area contributed by atoms with Gasteiger partial charge in [0.2, 0.25) is 0 Å². The maximum Gasteiger partial charge on any atom is 0.00399 e. The molecule has 0 atom stereocenters. The molecule has 0 amide bonds. The second kappa shape index (κ2) is 7.15. The highest BCUT2D eigenvalue weighted by molar-refractivity contribution is 5.24. The van der Waals surface area contributed by atoms with Crippen molar-refractivity contribution in [2.45, 2.75) is 46.5 Å². The van der Waals surface area contributed by atoms with Gasteiger partial charge in [0.05, 0.1) is 0 Å². The molecule has 0 fully saturated rings. The lowest BCUT2D eigenvalue weighted by Crippen LogP contribution is -1.98. The number of hydrogen-bond acceptors (Lipinski definition) is 0. The van der Waals surface area contributed by atoms with Crippen molar-refractivity contribution in [1.82, 2.24) is 0 Å². The Labute approximate surface area is 77.4 Å². The standard InChI is InChI=1S/C12H21/c1-5-9-11(7-3)12(8-4)10-6-2/h5,10H,1,6-9H2,2-4H3. The molecule has 0 bridgehead atoms. The Bertz CT molecular complexity index is 142. The van der Waals surface area contributed by atoms with Gasteiger partial charge in [0.1, 0.15) is 0 Å². The van der Waals surface area contributed by atoms with Gasteiger partial charge in [0.15, 0.2) is 0 Å². The van der Waals surface area contributed by atoms with Gasteiger partial charge < -0.3 is 0 Å². The zero-order chi connectivity index (χ0) is 9.40. The average Bonchev–Trinajstić information content (AvgIpc) is 2.11. The van der Waals surface area contributed by atoms with Crippen molar-refractivity contribution in [2.24, 2.45) is 0 Å². The van der Waals surface area contributed by atoms with Gasteiger partial charge in [-0.3, -0.25) is 0 Å². The van der Waals surface area contributed by atoms with Crippen LogP contribution in [0.15, 0.2) is 24.3 Å². The number of rotatable bonds is 6. The predicted octanol–water partition coefficient (Wildman–Crippen LogP) is 4.29. The van der Waals surface area contributed by atoms with Crippen LogP contribution in [0.2, 0.25) is 0 Å². The van der Waals surface area contributed by atoms with E-state index in [1.807, 2.05) is 6.08 Å². The quantitative estimate of drug-likeness (QED) is 0.515. The molecule has 0 rings (SSSR count). The molecule has 0 aliphatic heterocycles. The summed E-state index contributed by atoms with van der Waals surface area (Å²) in [5.74, 6) is 1.55. The van der Waals surface area contributed by atoms with Gasteiger partial charge in [-0.2, -0.15) is 0 Å². The van der Waals surface area contributed by atoms with Crippen LogP contribution in [0.4, 0.5) is 0 Å². The van der Waals surface area contributed by atoms with Gasteiger partial charge in [-0.1, -0.05) is 38.5 Å². The van der Waals surface area contributed by atoms with E-state index < -0.39 is 0 Å². The summed E-state index contributed by atoms with van der Waals surface area (Å²) in [6.07, 6.45) is 8.84. The molecule has 0 aromatic rings. The van der Waals surface area contributed by atoms with E-state index in [0.717, 1.165) is 25.7 Å². The highest BCUT2D eigenvalue weighted by Crippen LogP contribution is 2.24. The van der Waals surface area contributed by atoms with Crippen LogP contribution in [0.1, 0.15) is 46.5 Å². The van der Waals surface area contributed by atoms with E-state index in [9.17, 15) is 0 Å². The maximum absolute atomic E-state index is 3.78. The molecule has 0 unspecified atom stereocenters. The predicted molar refractivity (Wildman–Crippen MR) is 57.0 cm³/mol. The number of allylic oxidation sites excluding steroid dienone is 3. The van der Waals surface area contributed by atoms with Crippen molar-refractivity contribution in [3.05, 3.63) is 30.2 Å². The van der Waals surface area contributed by atoms with Crippen LogP contribution in [0, 0.1) is 5.92 Å². The minimum absolute atomic E-state index is 1.05. The van der Waals surface area contributed by atoms with Crippen molar-refractivity contribution < 1.29 is 0 Å². The lowest BCUT2D eigenvalue weighted by molar-refractivity contribution is 0.835.